The van der Waals surface area contributed by atoms with Crippen molar-refractivity contribution in [1.29, 1.82) is 0 Å². The quantitative estimate of drug-likeness (QED) is 0.853. The second-order valence-electron chi connectivity index (χ2n) is 6.53. The van der Waals surface area contributed by atoms with Crippen molar-refractivity contribution >= 4 is 0 Å². The molecule has 3 heterocycles. The number of hydrogen-bond donors (Lipinski definition) is 0. The average Bonchev–Trinajstić information content (AvgIpc) is 2.88. The van der Waals surface area contributed by atoms with E-state index < -0.39 is 5.79 Å². The van der Waals surface area contributed by atoms with Crippen molar-refractivity contribution in [2.45, 2.75) is 63.4 Å². The largest absolute Gasteiger partial charge is 0.375 e. The molecule has 3 fully saturated rings. The number of hydrogen-bond acceptors (Lipinski definition) is 5. The van der Waals surface area contributed by atoms with Gasteiger partial charge in [-0.2, -0.15) is 0 Å². The predicted octanol–water partition coefficient (Wildman–Crippen LogP) is 2.24. The van der Waals surface area contributed by atoms with Crippen molar-refractivity contribution in [1.82, 2.24) is 0 Å². The highest BCUT2D eigenvalue weighted by Crippen LogP contribution is 2.41. The number of rotatable bonds is 4. The van der Waals surface area contributed by atoms with Gasteiger partial charge in [-0.15, -0.1) is 0 Å². The molecule has 3 saturated heterocycles. The second kappa shape index (κ2) is 5.58. The molecular formula is C17H22O5. The van der Waals surface area contributed by atoms with E-state index in [0.717, 1.165) is 18.6 Å². The van der Waals surface area contributed by atoms with Crippen LogP contribution in [0.1, 0.15) is 25.8 Å². The fourth-order valence-electron chi connectivity index (χ4n) is 3.27. The molecule has 4 rings (SSSR count). The predicted molar refractivity (Wildman–Crippen MR) is 78.1 cm³/mol. The van der Waals surface area contributed by atoms with Crippen LogP contribution in [-0.4, -0.2) is 43.1 Å². The third kappa shape index (κ3) is 2.68. The van der Waals surface area contributed by atoms with Crippen LogP contribution in [0, 0.1) is 0 Å². The zero-order valence-corrected chi connectivity index (χ0v) is 12.9. The molecule has 1 aromatic carbocycles. The van der Waals surface area contributed by atoms with Crippen molar-refractivity contribution in [2.75, 3.05) is 6.61 Å². The molecule has 0 radical (unpaired) electrons. The van der Waals surface area contributed by atoms with Crippen LogP contribution in [0.15, 0.2) is 30.3 Å². The van der Waals surface area contributed by atoms with Gasteiger partial charge in [0.1, 0.15) is 18.3 Å². The Kier molecular flexibility index (Phi) is 3.71. The van der Waals surface area contributed by atoms with Gasteiger partial charge in [0.15, 0.2) is 12.1 Å². The number of ether oxygens (including phenoxy) is 5. The van der Waals surface area contributed by atoms with Crippen LogP contribution in [0.3, 0.4) is 0 Å². The Hall–Kier alpha value is -0.980. The summed E-state index contributed by atoms with van der Waals surface area (Å²) in [7, 11) is 0. The molecule has 0 amide bonds. The zero-order valence-electron chi connectivity index (χ0n) is 12.9. The van der Waals surface area contributed by atoms with E-state index in [1.54, 1.807) is 0 Å². The minimum Gasteiger partial charge on any atom is -0.375 e. The van der Waals surface area contributed by atoms with E-state index in [2.05, 4.69) is 12.1 Å². The molecule has 0 spiro atoms. The fraction of sp³-hybridized carbons (Fsp3) is 0.647. The highest BCUT2D eigenvalue weighted by atomic mass is 16.8. The van der Waals surface area contributed by atoms with E-state index in [0.29, 0.717) is 6.61 Å². The molecule has 5 nitrogen and oxygen atoms in total. The summed E-state index contributed by atoms with van der Waals surface area (Å²) in [6.45, 7) is 5.12. The van der Waals surface area contributed by atoms with Gasteiger partial charge in [0.25, 0.3) is 0 Å². The van der Waals surface area contributed by atoms with Gasteiger partial charge in [-0.1, -0.05) is 30.3 Å². The molecule has 0 saturated carbocycles. The fourth-order valence-corrected chi connectivity index (χ4v) is 3.27. The van der Waals surface area contributed by atoms with Gasteiger partial charge < -0.3 is 23.7 Å². The molecule has 1 aromatic rings. The van der Waals surface area contributed by atoms with Gasteiger partial charge in [0, 0.05) is 6.61 Å². The molecule has 22 heavy (non-hydrogen) atoms. The zero-order chi connectivity index (χ0) is 15.2. The first-order valence-corrected chi connectivity index (χ1v) is 7.91. The average molecular weight is 306 g/mol. The summed E-state index contributed by atoms with van der Waals surface area (Å²) in [5, 5.41) is 0. The Morgan fingerprint density at radius 1 is 1.14 bits per heavy atom. The molecule has 3 aliphatic rings. The van der Waals surface area contributed by atoms with E-state index in [9.17, 15) is 0 Å². The van der Waals surface area contributed by atoms with Crippen LogP contribution < -0.4 is 0 Å². The van der Waals surface area contributed by atoms with Crippen LogP contribution in [-0.2, 0) is 30.3 Å². The Morgan fingerprint density at radius 2 is 1.91 bits per heavy atom. The second-order valence-corrected chi connectivity index (χ2v) is 6.53. The van der Waals surface area contributed by atoms with Crippen LogP contribution in [0.4, 0.5) is 0 Å². The summed E-state index contributed by atoms with van der Waals surface area (Å²) in [6, 6.07) is 10.1. The standard InChI is InChI=1S/C17H22O5/c1-17(2)21-15-14(19-10-11-6-4-3-5-7-11)13(12-8-9-18-12)20-16(15)22-17/h3-7,12-16H,8-10H2,1-2H3/t12-,13+,14-,15+,16+/m0/s1. The molecular weight excluding hydrogens is 284 g/mol. The van der Waals surface area contributed by atoms with E-state index >= 15 is 0 Å². The summed E-state index contributed by atoms with van der Waals surface area (Å²) >= 11 is 0. The van der Waals surface area contributed by atoms with Crippen LogP contribution in [0.25, 0.3) is 0 Å². The van der Waals surface area contributed by atoms with Crippen molar-refractivity contribution < 1.29 is 23.7 Å². The van der Waals surface area contributed by atoms with Crippen molar-refractivity contribution in [2.24, 2.45) is 0 Å². The lowest BCUT2D eigenvalue weighted by Gasteiger charge is -2.35. The van der Waals surface area contributed by atoms with Gasteiger partial charge in [-0.25, -0.2) is 0 Å². The van der Waals surface area contributed by atoms with Crippen LogP contribution in [0.5, 0.6) is 0 Å². The van der Waals surface area contributed by atoms with E-state index in [-0.39, 0.29) is 30.7 Å². The summed E-state index contributed by atoms with van der Waals surface area (Å²) in [4.78, 5) is 0. The molecule has 120 valence electrons. The molecule has 0 aliphatic carbocycles. The minimum atomic E-state index is -0.630. The van der Waals surface area contributed by atoms with E-state index in [4.69, 9.17) is 23.7 Å². The van der Waals surface area contributed by atoms with Gasteiger partial charge >= 0.3 is 0 Å². The molecule has 0 aromatic heterocycles. The first kappa shape index (κ1) is 14.6. The van der Waals surface area contributed by atoms with E-state index in [1.807, 2.05) is 32.0 Å². The molecule has 5 heteroatoms. The monoisotopic (exact) mass is 306 g/mol. The summed E-state index contributed by atoms with van der Waals surface area (Å²) < 4.78 is 29.6. The van der Waals surface area contributed by atoms with Gasteiger partial charge in [0.2, 0.25) is 0 Å². The topological polar surface area (TPSA) is 46.2 Å². The third-order valence-electron chi connectivity index (χ3n) is 4.41. The Bertz CT molecular complexity index is 513. The van der Waals surface area contributed by atoms with Crippen molar-refractivity contribution in [3.63, 3.8) is 0 Å². The van der Waals surface area contributed by atoms with Gasteiger partial charge in [-0.05, 0) is 25.8 Å². The Morgan fingerprint density at radius 3 is 2.59 bits per heavy atom. The van der Waals surface area contributed by atoms with Gasteiger partial charge in [0.05, 0.1) is 12.7 Å². The molecule has 0 N–H and O–H groups in total. The third-order valence-corrected chi connectivity index (χ3v) is 4.41. The molecule has 0 unspecified atom stereocenters. The smallest absolute Gasteiger partial charge is 0.190 e. The Labute approximate surface area is 130 Å². The van der Waals surface area contributed by atoms with Crippen LogP contribution >= 0.6 is 0 Å². The lowest BCUT2D eigenvalue weighted by atomic mass is 10.0. The summed E-state index contributed by atoms with van der Waals surface area (Å²) in [5.74, 6) is -0.630. The first-order chi connectivity index (χ1) is 10.6. The maximum Gasteiger partial charge on any atom is 0.190 e. The maximum atomic E-state index is 6.16. The first-order valence-electron chi connectivity index (χ1n) is 7.91. The van der Waals surface area contributed by atoms with Crippen molar-refractivity contribution in [3.8, 4) is 0 Å². The highest BCUT2D eigenvalue weighted by molar-refractivity contribution is 5.13. The van der Waals surface area contributed by atoms with Crippen LogP contribution in [0.2, 0.25) is 0 Å². The lowest BCUT2D eigenvalue weighted by molar-refractivity contribution is -0.245. The summed E-state index contributed by atoms with van der Waals surface area (Å²) in [6.07, 6.45) is 0.221. The highest BCUT2D eigenvalue weighted by Gasteiger charge is 2.58. The SMILES string of the molecule is CC1(C)O[C@H]2O[C@H]([C@@H]3CCO3)[C@H](OCc3ccccc3)[C@H]2O1. The molecule has 3 aliphatic heterocycles. The normalized spacial score (nSPS) is 39.5. The molecule has 0 bridgehead atoms. The molecule has 5 atom stereocenters. The minimum absolute atomic E-state index is 0.0849. The van der Waals surface area contributed by atoms with Gasteiger partial charge in [-0.3, -0.25) is 0 Å². The number of benzene rings is 1. The van der Waals surface area contributed by atoms with E-state index in [1.165, 1.54) is 0 Å². The summed E-state index contributed by atoms with van der Waals surface area (Å²) in [5.41, 5.74) is 1.14. The number of fused-ring (bicyclic) bond motifs is 1. The Balaban J connectivity index is 1.47. The maximum absolute atomic E-state index is 6.16. The lowest BCUT2D eigenvalue weighted by Crippen LogP contribution is -2.47. The van der Waals surface area contributed by atoms with Crippen molar-refractivity contribution in [3.05, 3.63) is 35.9 Å².